The molecule has 0 spiro atoms. The Kier molecular flexibility index (Phi) is 5.67. The zero-order valence-corrected chi connectivity index (χ0v) is 22.6. The Morgan fingerprint density at radius 1 is 0.875 bits per heavy atom. The van der Waals surface area contributed by atoms with Gasteiger partial charge in [0, 0.05) is 10.6 Å². The number of benzene rings is 3. The zero-order valence-electron chi connectivity index (χ0n) is 21.9. The largest absolute Gasteiger partial charge is 0.493 e. The number of aryl methyl sites for hydroxylation is 1. The highest BCUT2D eigenvalue weighted by Crippen LogP contribution is 2.50. The number of aromatic nitrogens is 6. The van der Waals surface area contributed by atoms with E-state index in [1.807, 2.05) is 84.4 Å². The van der Waals surface area contributed by atoms with Crippen molar-refractivity contribution in [2.75, 3.05) is 14.2 Å². The van der Waals surface area contributed by atoms with E-state index in [0.717, 1.165) is 33.6 Å². The van der Waals surface area contributed by atoms with E-state index in [0.29, 0.717) is 39.8 Å². The number of hydrogen-bond donors (Lipinski definition) is 0. The molecule has 0 unspecified atom stereocenters. The van der Waals surface area contributed by atoms with Crippen LogP contribution in [0, 0.1) is 6.92 Å². The van der Waals surface area contributed by atoms with Crippen molar-refractivity contribution >= 4 is 17.2 Å². The van der Waals surface area contributed by atoms with Crippen molar-refractivity contribution in [3.8, 4) is 40.3 Å². The van der Waals surface area contributed by atoms with Gasteiger partial charge in [-0.2, -0.15) is 5.10 Å². The van der Waals surface area contributed by atoms with Crippen molar-refractivity contribution in [1.82, 2.24) is 29.4 Å². The van der Waals surface area contributed by atoms with E-state index < -0.39 is 0 Å². The highest BCUT2D eigenvalue weighted by Gasteiger charge is 2.38. The lowest BCUT2D eigenvalue weighted by molar-refractivity contribution is 0.354. The third-order valence-electron chi connectivity index (χ3n) is 7.06. The zero-order chi connectivity index (χ0) is 27.4. The second-order valence-corrected chi connectivity index (χ2v) is 9.81. The molecule has 6 aromatic rings. The Bertz CT molecular complexity index is 1880. The first-order chi connectivity index (χ1) is 19.6. The summed E-state index contributed by atoms with van der Waals surface area (Å²) in [4.78, 5) is 9.63. The SMILES string of the molecule is COc1ccc([C@@H]2c3c(C)nn(-c4ccccc4)c3Oc3ncn4nc(-c5ccc(Cl)cc5)nc4c32)cc1OC. The molecular formula is C30H23ClN6O3. The molecule has 1 aliphatic heterocycles. The molecule has 0 amide bonds. The second kappa shape index (κ2) is 9.39. The van der Waals surface area contributed by atoms with Gasteiger partial charge in [-0.3, -0.25) is 0 Å². The second-order valence-electron chi connectivity index (χ2n) is 9.37. The summed E-state index contributed by atoms with van der Waals surface area (Å²) in [7, 11) is 3.25. The molecule has 0 N–H and O–H groups in total. The van der Waals surface area contributed by atoms with Crippen molar-refractivity contribution in [2.24, 2.45) is 0 Å². The molecule has 40 heavy (non-hydrogen) atoms. The lowest BCUT2D eigenvalue weighted by Crippen LogP contribution is -2.16. The summed E-state index contributed by atoms with van der Waals surface area (Å²) in [5, 5.41) is 10.3. The van der Waals surface area contributed by atoms with Crippen LogP contribution in [0.25, 0.3) is 22.7 Å². The fourth-order valence-corrected chi connectivity index (χ4v) is 5.34. The van der Waals surface area contributed by atoms with Gasteiger partial charge in [0.25, 0.3) is 0 Å². The summed E-state index contributed by atoms with van der Waals surface area (Å²) in [5.41, 5.74) is 5.83. The molecule has 9 nitrogen and oxygen atoms in total. The molecule has 0 radical (unpaired) electrons. The summed E-state index contributed by atoms with van der Waals surface area (Å²) < 4.78 is 21.2. The summed E-state index contributed by atoms with van der Waals surface area (Å²) >= 11 is 6.12. The molecule has 3 aromatic heterocycles. The summed E-state index contributed by atoms with van der Waals surface area (Å²) in [5.74, 6) is 2.53. The molecule has 0 aliphatic carbocycles. The van der Waals surface area contributed by atoms with E-state index in [1.54, 1.807) is 25.1 Å². The normalized spacial score (nSPS) is 13.9. The maximum Gasteiger partial charge on any atom is 0.230 e. The van der Waals surface area contributed by atoms with Gasteiger partial charge in [0.15, 0.2) is 23.0 Å². The minimum Gasteiger partial charge on any atom is -0.493 e. The third-order valence-corrected chi connectivity index (χ3v) is 7.32. The fraction of sp³-hybridized carbons (Fsp3) is 0.133. The first-order valence-corrected chi connectivity index (χ1v) is 13.0. The van der Waals surface area contributed by atoms with Gasteiger partial charge in [-0.15, -0.1) is 5.10 Å². The minimum atomic E-state index is -0.325. The predicted molar refractivity (Wildman–Crippen MR) is 150 cm³/mol. The smallest absolute Gasteiger partial charge is 0.230 e. The monoisotopic (exact) mass is 550 g/mol. The average molecular weight is 551 g/mol. The first-order valence-electron chi connectivity index (χ1n) is 12.6. The molecule has 0 saturated heterocycles. The van der Waals surface area contributed by atoms with Crippen LogP contribution in [0.15, 0.2) is 79.1 Å². The first kappa shape index (κ1) is 24.2. The van der Waals surface area contributed by atoms with Gasteiger partial charge in [0.05, 0.1) is 42.6 Å². The van der Waals surface area contributed by atoms with Crippen molar-refractivity contribution in [3.05, 3.63) is 107 Å². The van der Waals surface area contributed by atoms with Gasteiger partial charge in [0.1, 0.15) is 6.33 Å². The van der Waals surface area contributed by atoms with E-state index in [-0.39, 0.29) is 5.92 Å². The summed E-state index contributed by atoms with van der Waals surface area (Å²) in [6, 6.07) is 23.2. The van der Waals surface area contributed by atoms with Crippen molar-refractivity contribution in [1.29, 1.82) is 0 Å². The minimum absolute atomic E-state index is 0.325. The van der Waals surface area contributed by atoms with E-state index in [1.165, 1.54) is 0 Å². The Balaban J connectivity index is 1.49. The molecule has 0 fully saturated rings. The van der Waals surface area contributed by atoms with E-state index >= 15 is 0 Å². The van der Waals surface area contributed by atoms with Gasteiger partial charge in [-0.1, -0.05) is 35.9 Å². The van der Waals surface area contributed by atoms with Crippen LogP contribution in [-0.4, -0.2) is 43.6 Å². The molecule has 1 atom stereocenters. The highest BCUT2D eigenvalue weighted by molar-refractivity contribution is 6.30. The molecule has 1 aliphatic rings. The Hall–Kier alpha value is -4.89. The van der Waals surface area contributed by atoms with Crippen LogP contribution >= 0.6 is 11.6 Å². The van der Waals surface area contributed by atoms with Crippen molar-refractivity contribution < 1.29 is 14.2 Å². The van der Waals surface area contributed by atoms with Crippen LogP contribution in [0.4, 0.5) is 0 Å². The lowest BCUT2D eigenvalue weighted by Gasteiger charge is -2.26. The Morgan fingerprint density at radius 3 is 2.40 bits per heavy atom. The van der Waals surface area contributed by atoms with Gasteiger partial charge < -0.3 is 14.2 Å². The number of nitrogens with zero attached hydrogens (tertiary/aromatic N) is 6. The van der Waals surface area contributed by atoms with Crippen LogP contribution in [-0.2, 0) is 0 Å². The van der Waals surface area contributed by atoms with Crippen LogP contribution in [0.1, 0.15) is 28.3 Å². The number of ether oxygens (including phenoxy) is 3. The van der Waals surface area contributed by atoms with E-state index in [4.69, 9.17) is 41.0 Å². The average Bonchev–Trinajstić information content (AvgIpc) is 3.58. The Labute approximate surface area is 234 Å². The van der Waals surface area contributed by atoms with E-state index in [2.05, 4.69) is 4.98 Å². The number of rotatable bonds is 5. The van der Waals surface area contributed by atoms with Crippen LogP contribution in [0.2, 0.25) is 5.02 Å². The molecule has 0 bridgehead atoms. The van der Waals surface area contributed by atoms with Crippen molar-refractivity contribution in [2.45, 2.75) is 12.8 Å². The molecule has 198 valence electrons. The molecule has 4 heterocycles. The van der Waals surface area contributed by atoms with E-state index in [9.17, 15) is 0 Å². The number of methoxy groups -OCH3 is 2. The molecule has 10 heteroatoms. The predicted octanol–water partition coefficient (Wildman–Crippen LogP) is 6.24. The maximum absolute atomic E-state index is 6.51. The standard InChI is InChI=1S/C30H23ClN6O3/c1-17-24-25(19-11-14-22(38-2)23(15-19)39-3)26-28-33-27(18-9-12-20(31)13-10-18)35-36(28)16-32-29(26)40-30(24)37(34-17)21-7-5-4-6-8-21/h4-16,25H,1-3H3/t25-/m1/s1. The Morgan fingerprint density at radius 2 is 1.65 bits per heavy atom. The van der Waals surface area contributed by atoms with Crippen LogP contribution in [0.3, 0.4) is 0 Å². The molecule has 0 saturated carbocycles. The number of halogens is 1. The summed E-state index contributed by atoms with van der Waals surface area (Å²) in [6.45, 7) is 1.98. The lowest BCUT2D eigenvalue weighted by atomic mass is 9.84. The number of hydrogen-bond acceptors (Lipinski definition) is 7. The maximum atomic E-state index is 6.51. The summed E-state index contributed by atoms with van der Waals surface area (Å²) in [6.07, 6.45) is 1.62. The van der Waals surface area contributed by atoms with Gasteiger partial charge in [-0.05, 0) is 61.0 Å². The third kappa shape index (κ3) is 3.77. The van der Waals surface area contributed by atoms with Gasteiger partial charge in [-0.25, -0.2) is 19.2 Å². The quantitative estimate of drug-likeness (QED) is 0.250. The highest BCUT2D eigenvalue weighted by atomic mass is 35.5. The van der Waals surface area contributed by atoms with Crippen LogP contribution < -0.4 is 14.2 Å². The fourth-order valence-electron chi connectivity index (χ4n) is 5.21. The molecule has 7 rings (SSSR count). The topological polar surface area (TPSA) is 88.6 Å². The number of para-hydroxylation sites is 1. The molecule has 3 aromatic carbocycles. The van der Waals surface area contributed by atoms with Gasteiger partial charge >= 0.3 is 0 Å². The van der Waals surface area contributed by atoms with Gasteiger partial charge in [0.2, 0.25) is 11.8 Å². The van der Waals surface area contributed by atoms with Crippen molar-refractivity contribution in [3.63, 3.8) is 0 Å². The van der Waals surface area contributed by atoms with Crippen LogP contribution in [0.5, 0.6) is 23.3 Å². The molecular weight excluding hydrogens is 528 g/mol. The number of fused-ring (bicyclic) bond motifs is 4.